The largest absolute Gasteiger partial charge is 0.504 e. The van der Waals surface area contributed by atoms with Crippen molar-refractivity contribution in [2.24, 2.45) is 0 Å². The summed E-state index contributed by atoms with van der Waals surface area (Å²) < 4.78 is 67.8. The maximum absolute atomic E-state index is 15.8. The molecular weight excluding hydrogens is 1670 g/mol. The Labute approximate surface area is 676 Å². The van der Waals surface area contributed by atoms with E-state index in [0.29, 0.717) is 54.6 Å². The summed E-state index contributed by atoms with van der Waals surface area (Å²) in [6.07, 6.45) is -27.7. The third kappa shape index (κ3) is 14.8. The summed E-state index contributed by atoms with van der Waals surface area (Å²) in [7, 11) is 0. The zero-order chi connectivity index (χ0) is 89.7. The van der Waals surface area contributed by atoms with Crippen LogP contribution in [-0.2, 0) is 52.1 Å². The second kappa shape index (κ2) is 31.3. The zero-order valence-corrected chi connectivity index (χ0v) is 60.3. The minimum absolute atomic E-state index is 0.102. The molecule has 0 aliphatic carbocycles. The van der Waals surface area contributed by atoms with E-state index in [9.17, 15) is 171 Å². The molecule has 4 aliphatic rings. The molecule has 2 saturated heterocycles. The number of aromatic hydroxyl groups is 26. The molecule has 0 spiro atoms. The van der Waals surface area contributed by atoms with Gasteiger partial charge in [0.2, 0.25) is 46.9 Å². The van der Waals surface area contributed by atoms with Crippen LogP contribution in [0.25, 0.3) is 22.3 Å². The first-order valence-electron chi connectivity index (χ1n) is 34.1. The van der Waals surface area contributed by atoms with Crippen molar-refractivity contribution >= 4 is 53.7 Å². The van der Waals surface area contributed by atoms with Crippen LogP contribution in [0.4, 0.5) is 0 Å². The van der Waals surface area contributed by atoms with Crippen LogP contribution in [0.2, 0.25) is 0 Å². The Hall–Kier alpha value is -17.3. The van der Waals surface area contributed by atoms with Gasteiger partial charge in [0.25, 0.3) is 0 Å². The van der Waals surface area contributed by atoms with Crippen LogP contribution < -0.4 is 4.74 Å². The summed E-state index contributed by atoms with van der Waals surface area (Å²) in [5.74, 6) is -58.7. The number of cyclic esters (lactones) is 2. The number of carbonyl (C=O) groups excluding carboxylic acids is 9. The number of ether oxygens (including phenoxy) is 12. The van der Waals surface area contributed by atoms with E-state index in [0.717, 1.165) is 0 Å². The Morgan fingerprint density at radius 1 is 0.285 bits per heavy atom. The van der Waals surface area contributed by atoms with E-state index >= 15 is 9.59 Å². The van der Waals surface area contributed by atoms with Gasteiger partial charge in [-0.1, -0.05) is 0 Å². The standard InChI is InChI=1S/C75H54O48/c76-25-1-16(2-26(77)44(25)88)65(102)119-61-59-38(14-112-69(106)20-9-33(84)48(92)53(97)40(20)42-22(71(108)117-59)11-35(86)50(94)55(42)99)115-74(111)63(61)121-73(110)24-12-36(87)51(95)57(101)58(24)114-37-13-23-43(56(100)52(37)96)41-21(10-34(85)49(93)54(41)98)70(107)113-15-39-60(118-72(23)109)62(120-66(103)17-3-27(78)45(89)28(79)4-17)64(122-67(104)18-5-29(80)46(90)30(81)6-18)75(116-39)123-68(105)19-7-31(82)47(91)32(83)8-19/h1-13,38-39,59-64,74-101,111H,14-15H2. The van der Waals surface area contributed by atoms with Gasteiger partial charge in [0.05, 0.1) is 44.5 Å². The lowest BCUT2D eigenvalue weighted by Gasteiger charge is -2.43. The van der Waals surface area contributed by atoms with Crippen molar-refractivity contribution in [2.45, 2.75) is 61.4 Å². The average molecular weight is 1720 g/mol. The number of benzene rings is 9. The first-order chi connectivity index (χ1) is 57.9. The van der Waals surface area contributed by atoms with E-state index < -0.39 is 362 Å². The molecule has 0 saturated carbocycles. The fourth-order valence-electron chi connectivity index (χ4n) is 12.9. The third-order valence-electron chi connectivity index (χ3n) is 18.9. The van der Waals surface area contributed by atoms with Crippen LogP contribution in [0, 0.1) is 0 Å². The Balaban J connectivity index is 0.948. The van der Waals surface area contributed by atoms with Crippen molar-refractivity contribution in [1.29, 1.82) is 0 Å². The first-order valence-corrected chi connectivity index (χ1v) is 34.1. The minimum atomic E-state index is -2.94. The van der Waals surface area contributed by atoms with E-state index in [1.165, 1.54) is 0 Å². The number of phenols is 26. The first kappa shape index (κ1) is 83.6. The molecule has 13 rings (SSSR count). The van der Waals surface area contributed by atoms with Gasteiger partial charge in [-0.15, -0.1) is 0 Å². The highest BCUT2D eigenvalue weighted by molar-refractivity contribution is 6.10. The van der Waals surface area contributed by atoms with E-state index in [1.54, 1.807) is 0 Å². The summed E-state index contributed by atoms with van der Waals surface area (Å²) in [5, 5.41) is 294. The van der Waals surface area contributed by atoms with Crippen molar-refractivity contribution in [3.63, 3.8) is 0 Å². The van der Waals surface area contributed by atoms with Crippen molar-refractivity contribution in [3.8, 4) is 183 Å². The van der Waals surface area contributed by atoms with Gasteiger partial charge in [0.1, 0.15) is 31.0 Å². The van der Waals surface area contributed by atoms with Gasteiger partial charge in [-0.25, -0.2) is 43.2 Å². The number of phenolic OH excluding ortho intramolecular Hbond substituents is 26. The number of carbonyl (C=O) groups is 9. The lowest BCUT2D eigenvalue weighted by atomic mass is 9.91. The molecule has 0 aromatic heterocycles. The number of hydrogen-bond acceptors (Lipinski definition) is 48. The fourth-order valence-corrected chi connectivity index (χ4v) is 12.9. The van der Waals surface area contributed by atoms with E-state index in [-0.39, 0.29) is 24.3 Å². The lowest BCUT2D eigenvalue weighted by Crippen LogP contribution is -2.63. The van der Waals surface area contributed by atoms with Crippen molar-refractivity contribution in [2.75, 3.05) is 13.2 Å². The van der Waals surface area contributed by atoms with Crippen molar-refractivity contribution < 1.29 is 238 Å². The maximum atomic E-state index is 15.8. The Morgan fingerprint density at radius 3 is 0.943 bits per heavy atom. The average Bonchev–Trinajstić information content (AvgIpc) is 1.49. The number of rotatable bonds is 12. The van der Waals surface area contributed by atoms with Gasteiger partial charge in [-0.2, -0.15) is 0 Å². The topological polar surface area (TPSA) is 811 Å². The molecule has 0 amide bonds. The highest BCUT2D eigenvalue weighted by Gasteiger charge is 2.57. The van der Waals surface area contributed by atoms with Crippen LogP contribution in [0.5, 0.6) is 161 Å². The molecule has 9 aromatic rings. The van der Waals surface area contributed by atoms with E-state index in [1.807, 2.05) is 0 Å². The SMILES string of the molecule is O=C(OC1OC2COC(=O)c3cc(O)c(O)c(O)c3-c3c(cc(Oc4c(C(=O)OC5C(O)OC6COC(=O)c7cc(O)c(O)c(O)c7-c7c(cc(O)c(O)c7O)C(=O)OC6C5OC(=O)c5cc(O)c(O)c(O)c5)cc(O)c(O)c4O)c(O)c3O)C(=O)OC2C(OC(=O)c2cc(O)c(O)c(O)c2)C1OC(=O)c1cc(O)c(O)c(O)c1)c1cc(O)c(O)c(O)c1. The number of hydrogen-bond donors (Lipinski definition) is 27. The number of fused-ring (bicyclic) bond motifs is 8. The molecule has 48 heteroatoms. The molecule has 48 nitrogen and oxygen atoms in total. The summed E-state index contributed by atoms with van der Waals surface area (Å²) in [6.45, 7) is -2.96. The second-order valence-corrected chi connectivity index (χ2v) is 26.5. The summed E-state index contributed by atoms with van der Waals surface area (Å²) in [4.78, 5) is 132. The predicted molar refractivity (Wildman–Crippen MR) is 380 cm³/mol. The monoisotopic (exact) mass is 1720 g/mol. The molecule has 0 radical (unpaired) electrons. The molecule has 9 aromatic carbocycles. The van der Waals surface area contributed by atoms with Gasteiger partial charge in [-0.3, -0.25) is 0 Å². The molecule has 4 heterocycles. The normalized spacial score (nSPS) is 19.8. The van der Waals surface area contributed by atoms with E-state index in [2.05, 4.69) is 0 Å². The second-order valence-electron chi connectivity index (χ2n) is 26.5. The number of aliphatic hydroxyl groups excluding tert-OH is 1. The molecule has 10 unspecified atom stereocenters. The zero-order valence-electron chi connectivity index (χ0n) is 60.3. The minimum Gasteiger partial charge on any atom is -0.504 e. The van der Waals surface area contributed by atoms with E-state index in [4.69, 9.17) is 56.8 Å². The van der Waals surface area contributed by atoms with Crippen molar-refractivity contribution in [1.82, 2.24) is 0 Å². The fraction of sp³-hybridized carbons (Fsp3) is 0.160. The van der Waals surface area contributed by atoms with Crippen LogP contribution >= 0.6 is 0 Å². The third-order valence-corrected chi connectivity index (χ3v) is 18.9. The Bertz CT molecular complexity index is 5970. The van der Waals surface area contributed by atoms with Crippen molar-refractivity contribution in [3.05, 3.63) is 129 Å². The molecule has 27 N–H and O–H groups in total. The van der Waals surface area contributed by atoms with Crippen LogP contribution in [-0.4, -0.2) is 266 Å². The quantitative estimate of drug-likeness (QED) is 0.0475. The van der Waals surface area contributed by atoms with Crippen LogP contribution in [0.1, 0.15) is 93.2 Å². The Morgan fingerprint density at radius 2 is 0.569 bits per heavy atom. The maximum Gasteiger partial charge on any atom is 0.342 e. The smallest absolute Gasteiger partial charge is 0.342 e. The predicted octanol–water partition coefficient (Wildman–Crippen LogP) is 2.75. The van der Waals surface area contributed by atoms with Gasteiger partial charge < -0.3 is 195 Å². The molecule has 642 valence electrons. The number of esters is 9. The molecule has 0 bridgehead atoms. The molecule has 10 atom stereocenters. The Kier molecular flexibility index (Phi) is 21.3. The summed E-state index contributed by atoms with van der Waals surface area (Å²) >= 11 is 0. The van der Waals surface area contributed by atoms with Crippen LogP contribution in [0.3, 0.4) is 0 Å². The summed E-state index contributed by atoms with van der Waals surface area (Å²) in [5.41, 5.74) is -16.1. The van der Waals surface area contributed by atoms with Gasteiger partial charge in [-0.05, 0) is 66.7 Å². The lowest BCUT2D eigenvalue weighted by molar-refractivity contribution is -0.284. The number of aliphatic hydroxyl groups is 1. The molecular formula is C75H54O48. The molecule has 123 heavy (non-hydrogen) atoms. The van der Waals surface area contributed by atoms with Gasteiger partial charge in [0, 0.05) is 34.4 Å². The van der Waals surface area contributed by atoms with Gasteiger partial charge in [0.15, 0.2) is 163 Å². The molecule has 4 aliphatic heterocycles. The molecule has 2 fully saturated rings. The highest BCUT2D eigenvalue weighted by atomic mass is 16.8. The highest BCUT2D eigenvalue weighted by Crippen LogP contribution is 2.58. The summed E-state index contributed by atoms with van der Waals surface area (Å²) in [6, 6.07) is 4.50. The van der Waals surface area contributed by atoms with Gasteiger partial charge >= 0.3 is 53.7 Å². The van der Waals surface area contributed by atoms with Crippen LogP contribution in [0.15, 0.2) is 78.9 Å².